The van der Waals surface area contributed by atoms with E-state index in [2.05, 4.69) is 10.6 Å². The lowest BCUT2D eigenvalue weighted by Gasteiger charge is -2.25. The lowest BCUT2D eigenvalue weighted by Crippen LogP contribution is -2.41. The third kappa shape index (κ3) is 4.75. The first-order chi connectivity index (χ1) is 8.70. The van der Waals surface area contributed by atoms with Crippen LogP contribution in [-0.2, 0) is 7.05 Å². The van der Waals surface area contributed by atoms with E-state index in [0.29, 0.717) is 5.69 Å². The van der Waals surface area contributed by atoms with Crippen LogP contribution in [-0.4, -0.2) is 28.4 Å². The van der Waals surface area contributed by atoms with Crippen molar-refractivity contribution < 1.29 is 9.90 Å². The SMILES string of the molecule is Cn1cc(NC(=O)NCC(O)C(C)(C)C)ccc1=O. The number of nitrogens with one attached hydrogen (secondary N) is 2. The lowest BCUT2D eigenvalue weighted by atomic mass is 9.89. The van der Waals surface area contributed by atoms with Gasteiger partial charge in [-0.1, -0.05) is 20.8 Å². The van der Waals surface area contributed by atoms with Gasteiger partial charge >= 0.3 is 6.03 Å². The second-order valence-electron chi connectivity index (χ2n) is 5.58. The monoisotopic (exact) mass is 267 g/mol. The van der Waals surface area contributed by atoms with Crippen molar-refractivity contribution in [3.63, 3.8) is 0 Å². The zero-order valence-electron chi connectivity index (χ0n) is 11.7. The number of urea groups is 1. The molecule has 0 aliphatic carbocycles. The van der Waals surface area contributed by atoms with Crippen molar-refractivity contribution in [3.05, 3.63) is 28.7 Å². The van der Waals surface area contributed by atoms with Gasteiger partial charge in [-0.2, -0.15) is 0 Å². The van der Waals surface area contributed by atoms with Gasteiger partial charge in [0.1, 0.15) is 0 Å². The second-order valence-corrected chi connectivity index (χ2v) is 5.58. The smallest absolute Gasteiger partial charge is 0.319 e. The highest BCUT2D eigenvalue weighted by Gasteiger charge is 2.22. The van der Waals surface area contributed by atoms with Gasteiger partial charge in [0.25, 0.3) is 0 Å². The molecule has 0 aliphatic heterocycles. The molecule has 6 nitrogen and oxygen atoms in total. The van der Waals surface area contributed by atoms with Crippen molar-refractivity contribution in [2.75, 3.05) is 11.9 Å². The van der Waals surface area contributed by atoms with Crippen molar-refractivity contribution in [2.24, 2.45) is 12.5 Å². The highest BCUT2D eigenvalue weighted by atomic mass is 16.3. The minimum Gasteiger partial charge on any atom is -0.391 e. The third-order valence-corrected chi connectivity index (χ3v) is 2.80. The summed E-state index contributed by atoms with van der Waals surface area (Å²) in [5.74, 6) is 0. The zero-order valence-corrected chi connectivity index (χ0v) is 11.7. The number of nitrogens with zero attached hydrogens (tertiary/aromatic N) is 1. The van der Waals surface area contributed by atoms with Gasteiger partial charge in [-0.15, -0.1) is 0 Å². The normalized spacial score (nSPS) is 12.9. The van der Waals surface area contributed by atoms with Crippen molar-refractivity contribution in [1.29, 1.82) is 0 Å². The summed E-state index contributed by atoms with van der Waals surface area (Å²) in [5.41, 5.74) is 0.0863. The van der Waals surface area contributed by atoms with Crippen LogP contribution < -0.4 is 16.2 Å². The van der Waals surface area contributed by atoms with Gasteiger partial charge in [-0.05, 0) is 11.5 Å². The van der Waals surface area contributed by atoms with Gasteiger partial charge < -0.3 is 20.3 Å². The second kappa shape index (κ2) is 5.88. The highest BCUT2D eigenvalue weighted by Crippen LogP contribution is 2.18. The van der Waals surface area contributed by atoms with Gasteiger partial charge in [0.05, 0.1) is 11.8 Å². The number of hydrogen-bond donors (Lipinski definition) is 3. The summed E-state index contributed by atoms with van der Waals surface area (Å²) in [6.45, 7) is 5.85. The fourth-order valence-corrected chi connectivity index (χ4v) is 1.34. The maximum Gasteiger partial charge on any atom is 0.319 e. The minimum absolute atomic E-state index is 0.144. The van der Waals surface area contributed by atoms with E-state index in [1.807, 2.05) is 20.8 Å². The van der Waals surface area contributed by atoms with Crippen LogP contribution in [0.25, 0.3) is 0 Å². The van der Waals surface area contributed by atoms with Crippen molar-refractivity contribution >= 4 is 11.7 Å². The summed E-state index contributed by atoms with van der Waals surface area (Å²) in [5, 5.41) is 15.0. The number of hydrogen-bond acceptors (Lipinski definition) is 3. The van der Waals surface area contributed by atoms with Crippen LogP contribution in [0.1, 0.15) is 20.8 Å². The first-order valence-electron chi connectivity index (χ1n) is 6.10. The first kappa shape index (κ1) is 15.2. The number of carbonyl (C=O) groups excluding carboxylic acids is 1. The number of anilines is 1. The molecule has 0 spiro atoms. The summed E-state index contributed by atoms with van der Waals surface area (Å²) in [6.07, 6.45) is 0.903. The number of rotatable bonds is 3. The molecule has 1 unspecified atom stereocenters. The molecule has 0 radical (unpaired) electrons. The molecular weight excluding hydrogens is 246 g/mol. The number of aliphatic hydroxyl groups excluding tert-OH is 1. The highest BCUT2D eigenvalue weighted by molar-refractivity contribution is 5.88. The van der Waals surface area contributed by atoms with E-state index < -0.39 is 12.1 Å². The Morgan fingerprint density at radius 2 is 2.05 bits per heavy atom. The van der Waals surface area contributed by atoms with Crippen LogP contribution in [0, 0.1) is 5.41 Å². The number of aryl methyl sites for hydroxylation is 1. The Morgan fingerprint density at radius 3 is 2.58 bits per heavy atom. The number of amides is 2. The summed E-state index contributed by atoms with van der Waals surface area (Å²) in [7, 11) is 1.61. The summed E-state index contributed by atoms with van der Waals surface area (Å²) in [4.78, 5) is 22.8. The Labute approximate surface area is 112 Å². The van der Waals surface area contributed by atoms with Crippen LogP contribution in [0.15, 0.2) is 23.1 Å². The molecular formula is C13H21N3O3. The number of pyridine rings is 1. The molecule has 2 amide bonds. The van der Waals surface area contributed by atoms with E-state index in [0.717, 1.165) is 0 Å². The summed E-state index contributed by atoms with van der Waals surface area (Å²) >= 11 is 0. The Hall–Kier alpha value is -1.82. The average Bonchev–Trinajstić information content (AvgIpc) is 2.29. The molecule has 0 saturated carbocycles. The molecule has 1 aromatic rings. The quantitative estimate of drug-likeness (QED) is 0.761. The van der Waals surface area contributed by atoms with E-state index in [1.54, 1.807) is 7.05 Å². The van der Waals surface area contributed by atoms with Crippen molar-refractivity contribution in [1.82, 2.24) is 9.88 Å². The summed E-state index contributed by atoms with van der Waals surface area (Å²) < 4.78 is 1.37. The predicted molar refractivity (Wildman–Crippen MR) is 74.2 cm³/mol. The third-order valence-electron chi connectivity index (χ3n) is 2.80. The van der Waals surface area contributed by atoms with Gasteiger partial charge in [0.15, 0.2) is 0 Å². The molecule has 106 valence electrons. The molecule has 0 fully saturated rings. The largest absolute Gasteiger partial charge is 0.391 e. The molecule has 3 N–H and O–H groups in total. The van der Waals surface area contributed by atoms with Crippen molar-refractivity contribution in [3.8, 4) is 0 Å². The molecule has 19 heavy (non-hydrogen) atoms. The van der Waals surface area contributed by atoms with E-state index >= 15 is 0 Å². The number of carbonyl (C=O) groups is 1. The van der Waals surface area contributed by atoms with Crippen LogP contribution in [0.5, 0.6) is 0 Å². The molecule has 0 saturated heterocycles. The molecule has 6 heteroatoms. The average molecular weight is 267 g/mol. The Bertz CT molecular complexity index is 503. The van der Waals surface area contributed by atoms with Crippen LogP contribution in [0.4, 0.5) is 10.5 Å². The van der Waals surface area contributed by atoms with Crippen molar-refractivity contribution in [2.45, 2.75) is 26.9 Å². The van der Waals surface area contributed by atoms with E-state index in [-0.39, 0.29) is 17.5 Å². The minimum atomic E-state index is -0.627. The van der Waals surface area contributed by atoms with E-state index in [9.17, 15) is 14.7 Å². The Morgan fingerprint density at radius 1 is 1.42 bits per heavy atom. The fourth-order valence-electron chi connectivity index (χ4n) is 1.34. The molecule has 1 rings (SSSR count). The maximum atomic E-state index is 11.6. The Kier molecular flexibility index (Phi) is 4.72. The lowest BCUT2D eigenvalue weighted by molar-refractivity contribution is 0.0654. The van der Waals surface area contributed by atoms with Crippen LogP contribution >= 0.6 is 0 Å². The van der Waals surface area contributed by atoms with Gasteiger partial charge in [-0.3, -0.25) is 4.79 Å². The first-order valence-corrected chi connectivity index (χ1v) is 6.10. The van der Waals surface area contributed by atoms with Crippen LogP contribution in [0.2, 0.25) is 0 Å². The van der Waals surface area contributed by atoms with E-state index in [4.69, 9.17) is 0 Å². The number of aromatic nitrogens is 1. The standard InChI is InChI=1S/C13H21N3O3/c1-13(2,3)10(17)7-14-12(19)15-9-5-6-11(18)16(4)8-9/h5-6,8,10,17H,7H2,1-4H3,(H2,14,15,19). The molecule has 1 atom stereocenters. The van der Waals surface area contributed by atoms with Gasteiger partial charge in [-0.25, -0.2) is 4.79 Å². The van der Waals surface area contributed by atoms with Crippen LogP contribution in [0.3, 0.4) is 0 Å². The zero-order chi connectivity index (χ0) is 14.6. The summed E-state index contributed by atoms with van der Waals surface area (Å²) in [6, 6.07) is 2.49. The molecule has 1 heterocycles. The van der Waals surface area contributed by atoms with Gasteiger partial charge in [0.2, 0.25) is 5.56 Å². The molecule has 0 bridgehead atoms. The molecule has 0 aromatic carbocycles. The Balaban J connectivity index is 2.52. The molecule has 0 aliphatic rings. The maximum absolute atomic E-state index is 11.6. The molecule has 1 aromatic heterocycles. The van der Waals surface area contributed by atoms with E-state index in [1.165, 1.54) is 22.9 Å². The number of aliphatic hydroxyl groups is 1. The fraction of sp³-hybridized carbons (Fsp3) is 0.538. The predicted octanol–water partition coefficient (Wildman–Crippen LogP) is 0.914. The topological polar surface area (TPSA) is 83.4 Å². The van der Waals surface area contributed by atoms with Gasteiger partial charge in [0, 0.05) is 25.9 Å².